The van der Waals surface area contributed by atoms with E-state index in [9.17, 15) is 19.7 Å². The summed E-state index contributed by atoms with van der Waals surface area (Å²) in [5.41, 5.74) is 3.12. The van der Waals surface area contributed by atoms with Crippen LogP contribution in [0.4, 0.5) is 5.69 Å². The molecule has 1 atom stereocenters. The second-order valence-electron chi connectivity index (χ2n) is 8.65. The summed E-state index contributed by atoms with van der Waals surface area (Å²) in [7, 11) is 1.40. The van der Waals surface area contributed by atoms with Crippen LogP contribution in [-0.4, -0.2) is 36.1 Å². The Hall–Kier alpha value is -4.15. The molecule has 0 bridgehead atoms. The number of hydrogen-bond donors (Lipinski definition) is 2. The molecular weight excluding hydrogens is 547 g/mol. The first-order valence-electron chi connectivity index (χ1n) is 11.7. The monoisotopic (exact) mass is 572 g/mol. The molecule has 0 aliphatic carbocycles. The molecule has 0 spiro atoms. The van der Waals surface area contributed by atoms with Crippen LogP contribution in [-0.2, 0) is 11.4 Å². The molecule has 0 aromatic heterocycles. The summed E-state index contributed by atoms with van der Waals surface area (Å²) in [5, 5.41) is 18.7. The number of carbonyl (C=O) groups excluding carboxylic acids is 2. The molecule has 2 N–H and O–H groups in total. The zero-order chi connectivity index (χ0) is 28.5. The standard InChI is InChI=1S/C27H26Cl2N4O6/c1-16(2)25(31-26(34)20-10-9-19(28)12-21(20)29)27(35)32-30-14-18-11-23(38-3)24(13-22(18)33(36)37)39-15-17-7-5-4-6-8-17/h4-14,16,25H,15H2,1-3H3,(H,31,34)(H,32,35). The van der Waals surface area contributed by atoms with Gasteiger partial charge in [0, 0.05) is 5.02 Å². The van der Waals surface area contributed by atoms with E-state index in [1.165, 1.54) is 37.4 Å². The minimum Gasteiger partial charge on any atom is -0.493 e. The first-order chi connectivity index (χ1) is 18.6. The van der Waals surface area contributed by atoms with Crippen molar-refractivity contribution in [1.29, 1.82) is 0 Å². The number of methoxy groups -OCH3 is 1. The molecule has 12 heteroatoms. The van der Waals surface area contributed by atoms with Crippen molar-refractivity contribution in [1.82, 2.24) is 10.7 Å². The van der Waals surface area contributed by atoms with Crippen molar-refractivity contribution in [3.8, 4) is 11.5 Å². The lowest BCUT2D eigenvalue weighted by atomic mass is 10.0. The Bertz CT molecular complexity index is 1380. The van der Waals surface area contributed by atoms with Crippen LogP contribution >= 0.6 is 23.2 Å². The predicted octanol–water partition coefficient (Wildman–Crippen LogP) is 5.39. The van der Waals surface area contributed by atoms with Gasteiger partial charge < -0.3 is 14.8 Å². The van der Waals surface area contributed by atoms with E-state index in [0.717, 1.165) is 11.8 Å². The Balaban J connectivity index is 1.75. The van der Waals surface area contributed by atoms with Crippen molar-refractivity contribution in [3.63, 3.8) is 0 Å². The molecule has 0 aliphatic heterocycles. The largest absolute Gasteiger partial charge is 0.493 e. The normalized spacial score (nSPS) is 11.7. The molecule has 204 valence electrons. The van der Waals surface area contributed by atoms with E-state index >= 15 is 0 Å². The molecule has 0 heterocycles. The predicted molar refractivity (Wildman–Crippen MR) is 149 cm³/mol. The van der Waals surface area contributed by atoms with Crippen molar-refractivity contribution in [3.05, 3.63) is 97.5 Å². The Labute approximate surface area is 235 Å². The highest BCUT2D eigenvalue weighted by atomic mass is 35.5. The van der Waals surface area contributed by atoms with E-state index in [0.29, 0.717) is 5.02 Å². The first-order valence-corrected chi connectivity index (χ1v) is 12.5. The molecule has 0 fully saturated rings. The van der Waals surface area contributed by atoms with Crippen molar-refractivity contribution >= 4 is 46.9 Å². The second-order valence-corrected chi connectivity index (χ2v) is 9.49. The van der Waals surface area contributed by atoms with Gasteiger partial charge in [0.25, 0.3) is 17.5 Å². The highest BCUT2D eigenvalue weighted by Gasteiger charge is 2.26. The van der Waals surface area contributed by atoms with Gasteiger partial charge in [0.05, 0.1) is 40.5 Å². The van der Waals surface area contributed by atoms with Crippen LogP contribution in [0.3, 0.4) is 0 Å². The number of amides is 2. The topological polar surface area (TPSA) is 132 Å². The first kappa shape index (κ1) is 29.4. The number of nitrogens with zero attached hydrogens (tertiary/aromatic N) is 2. The number of hydrazone groups is 1. The van der Waals surface area contributed by atoms with Crippen LogP contribution in [0.15, 0.2) is 65.8 Å². The number of nitro benzene ring substituents is 1. The van der Waals surface area contributed by atoms with E-state index in [1.807, 2.05) is 30.3 Å². The molecular formula is C27H26Cl2N4O6. The smallest absolute Gasteiger partial charge is 0.282 e. The molecule has 3 aromatic rings. The van der Waals surface area contributed by atoms with Crippen LogP contribution in [0.5, 0.6) is 11.5 Å². The number of benzene rings is 3. The second kappa shape index (κ2) is 13.6. The lowest BCUT2D eigenvalue weighted by molar-refractivity contribution is -0.385. The van der Waals surface area contributed by atoms with Gasteiger partial charge in [0.1, 0.15) is 12.6 Å². The van der Waals surface area contributed by atoms with Crippen molar-refractivity contribution in [2.45, 2.75) is 26.5 Å². The van der Waals surface area contributed by atoms with Crippen LogP contribution in [0.1, 0.15) is 35.3 Å². The maximum atomic E-state index is 12.8. The molecule has 39 heavy (non-hydrogen) atoms. The van der Waals surface area contributed by atoms with Gasteiger partial charge in [-0.15, -0.1) is 0 Å². The van der Waals surface area contributed by atoms with Crippen molar-refractivity contribution < 1.29 is 24.0 Å². The molecule has 10 nitrogen and oxygen atoms in total. The van der Waals surface area contributed by atoms with E-state index < -0.39 is 22.8 Å². The summed E-state index contributed by atoms with van der Waals surface area (Å²) in [5.74, 6) is -1.09. The molecule has 0 saturated carbocycles. The minimum atomic E-state index is -0.973. The SMILES string of the molecule is COc1cc(C=NNC(=O)C(NC(=O)c2ccc(Cl)cc2Cl)C(C)C)c([N+](=O)[O-])cc1OCc1ccccc1. The molecule has 1 unspecified atom stereocenters. The van der Waals surface area contributed by atoms with Gasteiger partial charge in [0.2, 0.25) is 0 Å². The van der Waals surface area contributed by atoms with E-state index in [4.69, 9.17) is 32.7 Å². The number of nitrogens with one attached hydrogen (secondary N) is 2. The van der Waals surface area contributed by atoms with Gasteiger partial charge in [-0.05, 0) is 35.7 Å². The van der Waals surface area contributed by atoms with E-state index in [2.05, 4.69) is 15.8 Å². The van der Waals surface area contributed by atoms with Gasteiger partial charge in [-0.3, -0.25) is 19.7 Å². The fraction of sp³-hybridized carbons (Fsp3) is 0.222. The van der Waals surface area contributed by atoms with Gasteiger partial charge >= 0.3 is 0 Å². The summed E-state index contributed by atoms with van der Waals surface area (Å²) in [6.07, 6.45) is 1.12. The summed E-state index contributed by atoms with van der Waals surface area (Å²) in [6, 6.07) is 15.3. The number of hydrogen-bond acceptors (Lipinski definition) is 7. The molecule has 2 amide bonds. The highest BCUT2D eigenvalue weighted by Crippen LogP contribution is 2.34. The number of nitro groups is 1. The number of halogens is 2. The van der Waals surface area contributed by atoms with Crippen molar-refractivity contribution in [2.75, 3.05) is 7.11 Å². The Morgan fingerprint density at radius 2 is 1.79 bits per heavy atom. The third kappa shape index (κ3) is 7.92. The van der Waals surface area contributed by atoms with Gasteiger partial charge in [0.15, 0.2) is 11.5 Å². The third-order valence-electron chi connectivity index (χ3n) is 5.54. The number of ether oxygens (including phenoxy) is 2. The average molecular weight is 573 g/mol. The van der Waals surface area contributed by atoms with Gasteiger partial charge in [-0.1, -0.05) is 67.4 Å². The molecule has 3 aromatic carbocycles. The summed E-state index contributed by atoms with van der Waals surface area (Å²) in [6.45, 7) is 3.66. The maximum absolute atomic E-state index is 12.8. The Kier molecular flexibility index (Phi) is 10.2. The quantitative estimate of drug-likeness (QED) is 0.180. The number of rotatable bonds is 11. The van der Waals surface area contributed by atoms with Crippen LogP contribution in [0, 0.1) is 16.0 Å². The third-order valence-corrected chi connectivity index (χ3v) is 6.08. The fourth-order valence-electron chi connectivity index (χ4n) is 3.50. The van der Waals surface area contributed by atoms with Gasteiger partial charge in [-0.25, -0.2) is 5.43 Å². The zero-order valence-corrected chi connectivity index (χ0v) is 22.8. The van der Waals surface area contributed by atoms with Crippen LogP contribution in [0.25, 0.3) is 0 Å². The summed E-state index contributed by atoms with van der Waals surface area (Å²) >= 11 is 12.0. The van der Waals surface area contributed by atoms with Crippen LogP contribution in [0.2, 0.25) is 10.0 Å². The average Bonchev–Trinajstić information content (AvgIpc) is 2.90. The van der Waals surface area contributed by atoms with E-state index in [1.54, 1.807) is 13.8 Å². The molecule has 0 aliphatic rings. The summed E-state index contributed by atoms with van der Waals surface area (Å²) in [4.78, 5) is 36.7. The van der Waals surface area contributed by atoms with Crippen LogP contribution < -0.4 is 20.2 Å². The molecule has 0 radical (unpaired) electrons. The van der Waals surface area contributed by atoms with E-state index in [-0.39, 0.29) is 45.9 Å². The highest BCUT2D eigenvalue weighted by molar-refractivity contribution is 6.36. The lowest BCUT2D eigenvalue weighted by Crippen LogP contribution is -2.48. The Morgan fingerprint density at radius 1 is 1.08 bits per heavy atom. The Morgan fingerprint density at radius 3 is 2.41 bits per heavy atom. The number of carbonyl (C=O) groups is 2. The summed E-state index contributed by atoms with van der Waals surface area (Å²) < 4.78 is 11.1. The zero-order valence-electron chi connectivity index (χ0n) is 21.3. The molecule has 0 saturated heterocycles. The van der Waals surface area contributed by atoms with Crippen molar-refractivity contribution in [2.24, 2.45) is 11.0 Å². The maximum Gasteiger partial charge on any atom is 0.282 e. The lowest BCUT2D eigenvalue weighted by Gasteiger charge is -2.20. The van der Waals surface area contributed by atoms with Gasteiger partial charge in [-0.2, -0.15) is 5.10 Å². The molecule has 3 rings (SSSR count). The fourth-order valence-corrected chi connectivity index (χ4v) is 3.99. The minimum absolute atomic E-state index is 0.0716.